The second kappa shape index (κ2) is 10.1. The van der Waals surface area contributed by atoms with Crippen LogP contribution in [0, 0.1) is 28.6 Å². The minimum absolute atomic E-state index is 0.126. The standard InChI is InChI=1S/C26H33F3N4O2/c1-31-24(35)22-16-33(20-8-7-19(15-30)21(14-20)26(27,28)29)17-25(22)9-11-32(12-10-25)23(34)13-18-5-3-2-4-6-18/h7-8,14,18,22H,2-6,9-13,16-17H2,1H3,(H,31,35). The molecule has 6 nitrogen and oxygen atoms in total. The second-order valence-corrected chi connectivity index (χ2v) is 10.3. The molecule has 3 fully saturated rings. The normalized spacial score (nSPS) is 22.8. The zero-order valence-electron chi connectivity index (χ0n) is 20.2. The van der Waals surface area contributed by atoms with E-state index in [1.54, 1.807) is 13.1 Å². The highest BCUT2D eigenvalue weighted by Crippen LogP contribution is 2.47. The molecular formula is C26H33F3N4O2. The number of anilines is 1. The van der Waals surface area contributed by atoms with Gasteiger partial charge in [0.2, 0.25) is 11.8 Å². The monoisotopic (exact) mass is 490 g/mol. The third kappa shape index (κ3) is 5.26. The minimum Gasteiger partial charge on any atom is -0.370 e. The lowest BCUT2D eigenvalue weighted by molar-refractivity contribution is -0.138. The van der Waals surface area contributed by atoms with Crippen molar-refractivity contribution in [3.8, 4) is 6.07 Å². The van der Waals surface area contributed by atoms with Gasteiger partial charge in [-0.2, -0.15) is 18.4 Å². The van der Waals surface area contributed by atoms with E-state index in [0.717, 1.165) is 18.9 Å². The molecule has 2 amide bonds. The van der Waals surface area contributed by atoms with Crippen LogP contribution in [-0.4, -0.2) is 49.9 Å². The number of nitrogens with one attached hydrogen (secondary N) is 1. The summed E-state index contributed by atoms with van der Waals surface area (Å²) in [5.41, 5.74) is -1.42. The fourth-order valence-electron chi connectivity index (χ4n) is 6.24. The predicted molar refractivity (Wildman–Crippen MR) is 125 cm³/mol. The van der Waals surface area contributed by atoms with E-state index in [-0.39, 0.29) is 17.7 Å². The van der Waals surface area contributed by atoms with Crippen LogP contribution in [0.3, 0.4) is 0 Å². The first-order valence-electron chi connectivity index (χ1n) is 12.5. The van der Waals surface area contributed by atoms with E-state index in [4.69, 9.17) is 5.26 Å². The third-order valence-electron chi connectivity index (χ3n) is 8.30. The van der Waals surface area contributed by atoms with Gasteiger partial charge in [0.15, 0.2) is 0 Å². The fraction of sp³-hybridized carbons (Fsp3) is 0.654. The first-order chi connectivity index (χ1) is 16.7. The SMILES string of the molecule is CNC(=O)C1CN(c2ccc(C#N)c(C(F)(F)F)c2)CC12CCN(C(=O)CC1CCCCC1)CC2. The van der Waals surface area contributed by atoms with Crippen LogP contribution < -0.4 is 10.2 Å². The van der Waals surface area contributed by atoms with Gasteiger partial charge in [0.1, 0.15) is 0 Å². The molecule has 9 heteroatoms. The smallest absolute Gasteiger partial charge is 0.370 e. The number of hydrogen-bond acceptors (Lipinski definition) is 4. The maximum atomic E-state index is 13.5. The van der Waals surface area contributed by atoms with Crippen LogP contribution in [0.5, 0.6) is 0 Å². The van der Waals surface area contributed by atoms with Gasteiger partial charge < -0.3 is 15.1 Å². The van der Waals surface area contributed by atoms with Crippen LogP contribution in [0.4, 0.5) is 18.9 Å². The van der Waals surface area contributed by atoms with Crippen LogP contribution in [-0.2, 0) is 15.8 Å². The number of amides is 2. The van der Waals surface area contributed by atoms with E-state index in [1.165, 1.54) is 31.4 Å². The van der Waals surface area contributed by atoms with Gasteiger partial charge in [-0.1, -0.05) is 19.3 Å². The lowest BCUT2D eigenvalue weighted by Gasteiger charge is -2.42. The van der Waals surface area contributed by atoms with Crippen molar-refractivity contribution in [1.29, 1.82) is 5.26 Å². The molecule has 2 heterocycles. The predicted octanol–water partition coefficient (Wildman–Crippen LogP) is 4.34. The molecule has 1 aromatic rings. The van der Waals surface area contributed by atoms with Gasteiger partial charge in [0, 0.05) is 50.7 Å². The quantitative estimate of drug-likeness (QED) is 0.681. The first-order valence-corrected chi connectivity index (χ1v) is 12.5. The average molecular weight is 491 g/mol. The number of piperidine rings is 1. The molecule has 4 rings (SSSR count). The number of likely N-dealkylation sites (tertiary alicyclic amines) is 1. The van der Waals surface area contributed by atoms with E-state index < -0.39 is 22.7 Å². The van der Waals surface area contributed by atoms with Crippen LogP contribution in [0.25, 0.3) is 0 Å². The molecule has 1 spiro atoms. The summed E-state index contributed by atoms with van der Waals surface area (Å²) in [7, 11) is 1.57. The Balaban J connectivity index is 1.50. The van der Waals surface area contributed by atoms with Crippen molar-refractivity contribution in [2.45, 2.75) is 57.5 Å². The summed E-state index contributed by atoms with van der Waals surface area (Å²) in [5.74, 6) is 0.138. The van der Waals surface area contributed by atoms with E-state index in [9.17, 15) is 22.8 Å². The summed E-state index contributed by atoms with van der Waals surface area (Å²) in [4.78, 5) is 29.5. The fourth-order valence-corrected chi connectivity index (χ4v) is 6.24. The molecule has 190 valence electrons. The molecule has 0 radical (unpaired) electrons. The van der Waals surface area contributed by atoms with Gasteiger partial charge in [-0.25, -0.2) is 0 Å². The average Bonchev–Trinajstić information content (AvgIpc) is 3.22. The number of nitriles is 1. The first kappa shape index (κ1) is 25.3. The Kier molecular flexibility index (Phi) is 7.30. The number of rotatable bonds is 4. The van der Waals surface area contributed by atoms with E-state index >= 15 is 0 Å². The topological polar surface area (TPSA) is 76.4 Å². The second-order valence-electron chi connectivity index (χ2n) is 10.3. The van der Waals surface area contributed by atoms with Crippen LogP contribution >= 0.6 is 0 Å². The summed E-state index contributed by atoms with van der Waals surface area (Å²) >= 11 is 0. The molecule has 1 unspecified atom stereocenters. The molecule has 3 aliphatic rings. The molecular weight excluding hydrogens is 457 g/mol. The molecule has 35 heavy (non-hydrogen) atoms. The number of benzene rings is 1. The highest BCUT2D eigenvalue weighted by atomic mass is 19.4. The van der Waals surface area contributed by atoms with Crippen molar-refractivity contribution in [2.24, 2.45) is 17.3 Å². The lowest BCUT2D eigenvalue weighted by atomic mass is 9.70. The number of carbonyl (C=O) groups is 2. The minimum atomic E-state index is -4.64. The van der Waals surface area contributed by atoms with Crippen LogP contribution in [0.1, 0.15) is 62.5 Å². The molecule has 1 N–H and O–H groups in total. The summed E-state index contributed by atoms with van der Waals surface area (Å²) < 4.78 is 40.6. The Morgan fingerprint density at radius 3 is 2.46 bits per heavy atom. The Morgan fingerprint density at radius 1 is 1.17 bits per heavy atom. The van der Waals surface area contributed by atoms with E-state index in [2.05, 4.69) is 5.32 Å². The van der Waals surface area contributed by atoms with Gasteiger partial charge >= 0.3 is 6.18 Å². The van der Waals surface area contributed by atoms with Crippen molar-refractivity contribution in [2.75, 3.05) is 38.1 Å². The highest BCUT2D eigenvalue weighted by molar-refractivity contribution is 5.81. The lowest BCUT2D eigenvalue weighted by Crippen LogP contribution is -2.49. The third-order valence-corrected chi connectivity index (χ3v) is 8.30. The maximum absolute atomic E-state index is 13.5. The number of hydrogen-bond donors (Lipinski definition) is 1. The van der Waals surface area contributed by atoms with Crippen LogP contribution in [0.2, 0.25) is 0 Å². The van der Waals surface area contributed by atoms with Gasteiger partial charge in [0.05, 0.1) is 23.1 Å². The van der Waals surface area contributed by atoms with Crippen molar-refractivity contribution in [3.63, 3.8) is 0 Å². The zero-order chi connectivity index (χ0) is 25.2. The largest absolute Gasteiger partial charge is 0.417 e. The van der Waals surface area contributed by atoms with Crippen LogP contribution in [0.15, 0.2) is 18.2 Å². The molecule has 2 saturated heterocycles. The number of halogens is 3. The zero-order valence-corrected chi connectivity index (χ0v) is 20.2. The Labute approximate surface area is 204 Å². The molecule has 2 aliphatic heterocycles. The molecule has 1 aliphatic carbocycles. The van der Waals surface area contributed by atoms with Gasteiger partial charge in [-0.05, 0) is 49.8 Å². The molecule has 0 bridgehead atoms. The number of carbonyl (C=O) groups excluding carboxylic acids is 2. The van der Waals surface area contributed by atoms with Gasteiger partial charge in [0.25, 0.3) is 0 Å². The summed E-state index contributed by atoms with van der Waals surface area (Å²) in [6.07, 6.45) is 3.08. The molecule has 1 saturated carbocycles. The summed E-state index contributed by atoms with van der Waals surface area (Å²) in [5, 5.41) is 11.8. The van der Waals surface area contributed by atoms with Gasteiger partial charge in [-0.3, -0.25) is 9.59 Å². The van der Waals surface area contributed by atoms with Crippen molar-refractivity contribution < 1.29 is 22.8 Å². The Hall–Kier alpha value is -2.76. The Morgan fingerprint density at radius 2 is 1.86 bits per heavy atom. The Bertz CT molecular complexity index is 989. The molecule has 1 aromatic carbocycles. The van der Waals surface area contributed by atoms with Crippen molar-refractivity contribution in [1.82, 2.24) is 10.2 Å². The molecule has 1 atom stereocenters. The van der Waals surface area contributed by atoms with Crippen molar-refractivity contribution >= 4 is 17.5 Å². The highest BCUT2D eigenvalue weighted by Gasteiger charge is 2.51. The number of nitrogens with zero attached hydrogens (tertiary/aromatic N) is 3. The number of alkyl halides is 3. The van der Waals surface area contributed by atoms with E-state index in [0.29, 0.717) is 57.0 Å². The molecule has 0 aromatic heterocycles. The summed E-state index contributed by atoms with van der Waals surface area (Å²) in [6.45, 7) is 1.87. The van der Waals surface area contributed by atoms with E-state index in [1.807, 2.05) is 9.80 Å². The maximum Gasteiger partial charge on any atom is 0.417 e. The van der Waals surface area contributed by atoms with Crippen molar-refractivity contribution in [3.05, 3.63) is 29.3 Å². The summed E-state index contributed by atoms with van der Waals surface area (Å²) in [6, 6.07) is 5.36. The van der Waals surface area contributed by atoms with Gasteiger partial charge in [-0.15, -0.1) is 0 Å².